The van der Waals surface area contributed by atoms with Gasteiger partial charge in [-0.05, 0) is 30.0 Å². The van der Waals surface area contributed by atoms with Gasteiger partial charge in [-0.25, -0.2) is 0 Å². The lowest BCUT2D eigenvalue weighted by Gasteiger charge is -2.28. The molecule has 0 saturated heterocycles. The monoisotopic (exact) mass is 346 g/mol. The van der Waals surface area contributed by atoms with Gasteiger partial charge in [0.1, 0.15) is 0 Å². The van der Waals surface area contributed by atoms with E-state index in [4.69, 9.17) is 5.73 Å². The van der Waals surface area contributed by atoms with Crippen LogP contribution in [0.3, 0.4) is 0 Å². The second kappa shape index (κ2) is 8.86. The van der Waals surface area contributed by atoms with Crippen LogP contribution < -0.4 is 11.1 Å². The van der Waals surface area contributed by atoms with Crippen LogP contribution in [-0.4, -0.2) is 18.5 Å². The fourth-order valence-electron chi connectivity index (χ4n) is 2.83. The lowest BCUT2D eigenvalue weighted by atomic mass is 9.82. The van der Waals surface area contributed by atoms with Crippen molar-refractivity contribution in [3.8, 4) is 0 Å². The first-order valence-electron chi connectivity index (χ1n) is 8.03. The molecule has 1 atom stereocenters. The van der Waals surface area contributed by atoms with Crippen molar-refractivity contribution in [1.29, 1.82) is 0 Å². The first-order valence-corrected chi connectivity index (χ1v) is 8.03. The number of carbonyl (C=O) groups is 1. The van der Waals surface area contributed by atoms with Crippen LogP contribution in [0.15, 0.2) is 54.6 Å². The Balaban J connectivity index is 0.00000288. The van der Waals surface area contributed by atoms with Gasteiger partial charge in [0, 0.05) is 12.0 Å². The van der Waals surface area contributed by atoms with Gasteiger partial charge >= 0.3 is 0 Å². The van der Waals surface area contributed by atoms with E-state index in [1.165, 1.54) is 11.1 Å². The van der Waals surface area contributed by atoms with Gasteiger partial charge in [0.2, 0.25) is 5.91 Å². The third kappa shape index (κ3) is 5.36. The molecule has 0 spiro atoms. The standard InChI is InChI=1S/C20H26N2O.ClH/c1-15-9-7-8-12-17(15)20(2,3)14-22-19(23)18(21)13-16-10-5-4-6-11-16;/h4-12,18H,13-14,21H2,1-3H3,(H,22,23);1H/t18-;/m0./s1. The van der Waals surface area contributed by atoms with E-state index in [1.807, 2.05) is 42.5 Å². The topological polar surface area (TPSA) is 55.1 Å². The Kier molecular flexibility index (Phi) is 7.46. The van der Waals surface area contributed by atoms with Gasteiger partial charge < -0.3 is 11.1 Å². The molecule has 4 heteroatoms. The Morgan fingerprint density at radius 1 is 1.08 bits per heavy atom. The van der Waals surface area contributed by atoms with Crippen LogP contribution in [0.1, 0.15) is 30.5 Å². The number of hydrogen-bond donors (Lipinski definition) is 2. The molecule has 0 bridgehead atoms. The molecule has 24 heavy (non-hydrogen) atoms. The summed E-state index contributed by atoms with van der Waals surface area (Å²) in [6.45, 7) is 6.94. The summed E-state index contributed by atoms with van der Waals surface area (Å²) < 4.78 is 0. The van der Waals surface area contributed by atoms with Gasteiger partial charge in [0.05, 0.1) is 6.04 Å². The predicted molar refractivity (Wildman–Crippen MR) is 103 cm³/mol. The van der Waals surface area contributed by atoms with Gasteiger partial charge in [-0.1, -0.05) is 68.4 Å². The first kappa shape index (κ1) is 20.2. The largest absolute Gasteiger partial charge is 0.354 e. The van der Waals surface area contributed by atoms with Crippen molar-refractivity contribution >= 4 is 18.3 Å². The molecule has 0 aliphatic rings. The van der Waals surface area contributed by atoms with Crippen LogP contribution in [0.4, 0.5) is 0 Å². The third-order valence-electron chi connectivity index (χ3n) is 4.21. The minimum Gasteiger partial charge on any atom is -0.354 e. The van der Waals surface area contributed by atoms with Gasteiger partial charge in [0.25, 0.3) is 0 Å². The highest BCUT2D eigenvalue weighted by atomic mass is 35.5. The van der Waals surface area contributed by atoms with E-state index in [1.54, 1.807) is 0 Å². The normalized spacial score (nSPS) is 12.2. The molecule has 0 unspecified atom stereocenters. The quantitative estimate of drug-likeness (QED) is 0.842. The van der Waals surface area contributed by atoms with Gasteiger partial charge in [-0.15, -0.1) is 12.4 Å². The van der Waals surface area contributed by atoms with Gasteiger partial charge in [0.15, 0.2) is 0 Å². The zero-order valence-electron chi connectivity index (χ0n) is 14.6. The Morgan fingerprint density at radius 2 is 1.67 bits per heavy atom. The number of carbonyl (C=O) groups excluding carboxylic acids is 1. The maximum Gasteiger partial charge on any atom is 0.237 e. The molecule has 0 fully saturated rings. The van der Waals surface area contributed by atoms with Crippen LogP contribution >= 0.6 is 12.4 Å². The molecule has 0 radical (unpaired) electrons. The molecule has 0 saturated carbocycles. The lowest BCUT2D eigenvalue weighted by molar-refractivity contribution is -0.122. The van der Waals surface area contributed by atoms with E-state index < -0.39 is 6.04 Å². The van der Waals surface area contributed by atoms with Crippen molar-refractivity contribution in [2.75, 3.05) is 6.54 Å². The van der Waals surface area contributed by atoms with Crippen molar-refractivity contribution in [1.82, 2.24) is 5.32 Å². The molecule has 2 aromatic carbocycles. The number of halogens is 1. The molecular weight excluding hydrogens is 320 g/mol. The molecule has 3 nitrogen and oxygen atoms in total. The molecule has 1 amide bonds. The van der Waals surface area contributed by atoms with Crippen LogP contribution in [0.25, 0.3) is 0 Å². The molecule has 2 rings (SSSR count). The number of nitrogens with two attached hydrogens (primary N) is 1. The van der Waals surface area contributed by atoms with Crippen LogP contribution in [0.2, 0.25) is 0 Å². The second-order valence-electron chi connectivity index (χ2n) is 6.71. The van der Waals surface area contributed by atoms with Crippen LogP contribution in [-0.2, 0) is 16.6 Å². The van der Waals surface area contributed by atoms with E-state index in [9.17, 15) is 4.79 Å². The number of nitrogens with one attached hydrogen (secondary N) is 1. The van der Waals surface area contributed by atoms with Crippen molar-refractivity contribution in [2.24, 2.45) is 5.73 Å². The third-order valence-corrected chi connectivity index (χ3v) is 4.21. The number of amides is 1. The number of benzene rings is 2. The average Bonchev–Trinajstić information content (AvgIpc) is 2.54. The molecule has 0 heterocycles. The Morgan fingerprint density at radius 3 is 2.29 bits per heavy atom. The van der Waals surface area contributed by atoms with E-state index in [0.29, 0.717) is 13.0 Å². The smallest absolute Gasteiger partial charge is 0.237 e. The molecule has 0 aliphatic carbocycles. The summed E-state index contributed by atoms with van der Waals surface area (Å²) in [7, 11) is 0. The Hall–Kier alpha value is -1.84. The summed E-state index contributed by atoms with van der Waals surface area (Å²) in [6.07, 6.45) is 0.553. The highest BCUT2D eigenvalue weighted by Gasteiger charge is 2.24. The van der Waals surface area contributed by atoms with Crippen molar-refractivity contribution in [2.45, 2.75) is 38.6 Å². The van der Waals surface area contributed by atoms with Crippen molar-refractivity contribution in [3.05, 3.63) is 71.3 Å². The lowest BCUT2D eigenvalue weighted by Crippen LogP contribution is -2.46. The number of hydrogen-bond acceptors (Lipinski definition) is 2. The highest BCUT2D eigenvalue weighted by Crippen LogP contribution is 2.25. The highest BCUT2D eigenvalue weighted by molar-refractivity contribution is 5.85. The zero-order valence-corrected chi connectivity index (χ0v) is 15.4. The summed E-state index contributed by atoms with van der Waals surface area (Å²) in [4.78, 5) is 12.3. The maximum atomic E-state index is 12.3. The minimum absolute atomic E-state index is 0. The fraction of sp³-hybridized carbons (Fsp3) is 0.350. The minimum atomic E-state index is -0.523. The van der Waals surface area contributed by atoms with Gasteiger partial charge in [-0.2, -0.15) is 0 Å². The number of rotatable bonds is 6. The zero-order chi connectivity index (χ0) is 16.9. The average molecular weight is 347 g/mol. The van der Waals surface area contributed by atoms with E-state index >= 15 is 0 Å². The summed E-state index contributed by atoms with van der Waals surface area (Å²) in [6, 6.07) is 17.6. The SMILES string of the molecule is Cc1ccccc1C(C)(C)CNC(=O)[C@@H](N)Cc1ccccc1.Cl. The second-order valence-corrected chi connectivity index (χ2v) is 6.71. The maximum absolute atomic E-state index is 12.3. The summed E-state index contributed by atoms with van der Waals surface area (Å²) in [5, 5.41) is 3.00. The van der Waals surface area contributed by atoms with Gasteiger partial charge in [-0.3, -0.25) is 4.79 Å². The van der Waals surface area contributed by atoms with Crippen LogP contribution in [0, 0.1) is 6.92 Å². The summed E-state index contributed by atoms with van der Waals surface area (Å²) in [5.41, 5.74) is 9.46. The molecule has 0 aliphatic heterocycles. The van der Waals surface area contributed by atoms with Crippen LogP contribution in [0.5, 0.6) is 0 Å². The van der Waals surface area contributed by atoms with E-state index in [2.05, 4.69) is 38.2 Å². The van der Waals surface area contributed by atoms with E-state index in [-0.39, 0.29) is 23.7 Å². The summed E-state index contributed by atoms with van der Waals surface area (Å²) >= 11 is 0. The summed E-state index contributed by atoms with van der Waals surface area (Å²) in [5.74, 6) is -0.101. The Labute approximate surface area is 151 Å². The van der Waals surface area contributed by atoms with Crippen molar-refractivity contribution in [3.63, 3.8) is 0 Å². The molecule has 3 N–H and O–H groups in total. The molecule has 130 valence electrons. The Bertz CT molecular complexity index is 656. The van der Waals surface area contributed by atoms with E-state index in [0.717, 1.165) is 5.56 Å². The fourth-order valence-corrected chi connectivity index (χ4v) is 2.83. The van der Waals surface area contributed by atoms with Crippen molar-refractivity contribution < 1.29 is 4.79 Å². The molecular formula is C20H27ClN2O. The first-order chi connectivity index (χ1) is 10.9. The molecule has 2 aromatic rings. The molecule has 0 aromatic heterocycles. The predicted octanol–water partition coefficient (Wildman–Crippen LogP) is 3.38. The number of aryl methyl sites for hydroxylation is 1.